The summed E-state index contributed by atoms with van der Waals surface area (Å²) >= 11 is 1.79. The molecule has 2 heteroatoms. The van der Waals surface area contributed by atoms with E-state index in [1.165, 1.54) is 40.8 Å². The fraction of sp³-hybridized carbons (Fsp3) is 0.375. The Hall–Kier alpha value is -1.12. The number of hydrogen-bond donors (Lipinski definition) is 1. The molecule has 1 aromatic carbocycles. The van der Waals surface area contributed by atoms with Gasteiger partial charge in [0.1, 0.15) is 6.10 Å². The molecule has 0 radical (unpaired) electrons. The number of hydrogen-bond acceptors (Lipinski definition) is 2. The number of fused-ring (bicyclic) bond motifs is 1. The topological polar surface area (TPSA) is 20.2 Å². The molecule has 0 spiro atoms. The number of aryl methyl sites for hydroxylation is 4. The third-order valence-electron chi connectivity index (χ3n) is 3.76. The molecule has 1 aromatic heterocycles. The Morgan fingerprint density at radius 2 is 2.00 bits per heavy atom. The molecule has 1 heterocycles. The summed E-state index contributed by atoms with van der Waals surface area (Å²) in [6.45, 7) is 4.14. The quantitative estimate of drug-likeness (QED) is 0.865. The van der Waals surface area contributed by atoms with Gasteiger partial charge in [0.05, 0.1) is 0 Å². The number of thiophene rings is 1. The van der Waals surface area contributed by atoms with Crippen molar-refractivity contribution in [2.75, 3.05) is 0 Å². The zero-order valence-electron chi connectivity index (χ0n) is 10.9. The van der Waals surface area contributed by atoms with Gasteiger partial charge in [-0.05, 0) is 55.9 Å². The average molecular weight is 258 g/mol. The van der Waals surface area contributed by atoms with Crippen LogP contribution in [0.4, 0.5) is 0 Å². The molecule has 1 atom stereocenters. The Morgan fingerprint density at radius 3 is 2.78 bits per heavy atom. The predicted octanol–water partition coefficient (Wildman–Crippen LogP) is 3.94. The van der Waals surface area contributed by atoms with E-state index in [-0.39, 0.29) is 0 Å². The molecule has 0 saturated heterocycles. The highest BCUT2D eigenvalue weighted by molar-refractivity contribution is 7.12. The Kier molecular flexibility index (Phi) is 3.00. The summed E-state index contributed by atoms with van der Waals surface area (Å²) in [5, 5.41) is 10.6. The van der Waals surface area contributed by atoms with Gasteiger partial charge in [-0.2, -0.15) is 0 Å². The predicted molar refractivity (Wildman–Crippen MR) is 76.3 cm³/mol. The van der Waals surface area contributed by atoms with Crippen LogP contribution in [0.3, 0.4) is 0 Å². The molecule has 18 heavy (non-hydrogen) atoms. The number of rotatable bonds is 2. The molecule has 1 nitrogen and oxygen atoms in total. The molecule has 0 saturated carbocycles. The molecule has 3 rings (SSSR count). The van der Waals surface area contributed by atoms with Crippen LogP contribution in [0.2, 0.25) is 0 Å². The van der Waals surface area contributed by atoms with Crippen molar-refractivity contribution in [3.05, 3.63) is 56.3 Å². The molecule has 1 aliphatic rings. The normalized spacial score (nSPS) is 15.7. The van der Waals surface area contributed by atoms with Crippen LogP contribution in [0.15, 0.2) is 24.3 Å². The molecule has 0 fully saturated rings. The van der Waals surface area contributed by atoms with Crippen molar-refractivity contribution in [1.29, 1.82) is 0 Å². The standard InChI is InChI=1S/C16H18OS/c1-10-6-7-11(2)13(8-10)16(17)15-9-12-4-3-5-14(12)18-15/h6-9,16-17H,3-5H2,1-2H3. The van der Waals surface area contributed by atoms with Gasteiger partial charge in [0.15, 0.2) is 0 Å². The molecule has 0 amide bonds. The first-order valence-corrected chi connectivity index (χ1v) is 7.33. The van der Waals surface area contributed by atoms with Crippen LogP contribution < -0.4 is 0 Å². The molecule has 1 unspecified atom stereocenters. The van der Waals surface area contributed by atoms with Gasteiger partial charge in [-0.25, -0.2) is 0 Å². The van der Waals surface area contributed by atoms with Crippen molar-refractivity contribution in [3.63, 3.8) is 0 Å². The van der Waals surface area contributed by atoms with Crippen LogP contribution in [0.25, 0.3) is 0 Å². The maximum absolute atomic E-state index is 10.6. The van der Waals surface area contributed by atoms with Crippen molar-refractivity contribution in [1.82, 2.24) is 0 Å². The maximum Gasteiger partial charge on any atom is 0.113 e. The van der Waals surface area contributed by atoms with E-state index in [0.29, 0.717) is 0 Å². The summed E-state index contributed by atoms with van der Waals surface area (Å²) < 4.78 is 0. The van der Waals surface area contributed by atoms with Crippen LogP contribution >= 0.6 is 11.3 Å². The summed E-state index contributed by atoms with van der Waals surface area (Å²) in [6, 6.07) is 8.50. The van der Waals surface area contributed by atoms with Gasteiger partial charge in [-0.15, -0.1) is 11.3 Å². The largest absolute Gasteiger partial charge is 0.383 e. The first kappa shape index (κ1) is 11.9. The van der Waals surface area contributed by atoms with Crippen molar-refractivity contribution in [2.45, 2.75) is 39.2 Å². The number of benzene rings is 1. The van der Waals surface area contributed by atoms with E-state index in [1.807, 2.05) is 0 Å². The highest BCUT2D eigenvalue weighted by Crippen LogP contribution is 2.36. The van der Waals surface area contributed by atoms with Crippen LogP contribution in [-0.4, -0.2) is 5.11 Å². The van der Waals surface area contributed by atoms with E-state index in [0.717, 1.165) is 10.4 Å². The highest BCUT2D eigenvalue weighted by Gasteiger charge is 2.20. The minimum atomic E-state index is -0.458. The summed E-state index contributed by atoms with van der Waals surface area (Å²) in [5.74, 6) is 0. The van der Waals surface area contributed by atoms with Crippen molar-refractivity contribution in [3.8, 4) is 0 Å². The minimum Gasteiger partial charge on any atom is -0.383 e. The van der Waals surface area contributed by atoms with Crippen molar-refractivity contribution in [2.24, 2.45) is 0 Å². The smallest absolute Gasteiger partial charge is 0.113 e. The molecule has 1 aliphatic carbocycles. The van der Waals surface area contributed by atoms with Gasteiger partial charge in [0.2, 0.25) is 0 Å². The van der Waals surface area contributed by atoms with E-state index in [2.05, 4.69) is 38.1 Å². The van der Waals surface area contributed by atoms with Crippen LogP contribution in [0.1, 0.15) is 44.5 Å². The average Bonchev–Trinajstić information content (AvgIpc) is 2.91. The minimum absolute atomic E-state index is 0.458. The molecule has 2 aromatic rings. The van der Waals surface area contributed by atoms with Gasteiger partial charge in [-0.1, -0.05) is 23.8 Å². The van der Waals surface area contributed by atoms with E-state index < -0.39 is 6.10 Å². The third kappa shape index (κ3) is 2.00. The number of aliphatic hydroxyl groups excluding tert-OH is 1. The maximum atomic E-state index is 10.6. The van der Waals surface area contributed by atoms with E-state index in [1.54, 1.807) is 11.3 Å². The van der Waals surface area contributed by atoms with Gasteiger partial charge >= 0.3 is 0 Å². The van der Waals surface area contributed by atoms with Crippen LogP contribution in [-0.2, 0) is 12.8 Å². The summed E-state index contributed by atoms with van der Waals surface area (Å²) in [5.41, 5.74) is 4.88. The Bertz CT molecular complexity index is 561. The summed E-state index contributed by atoms with van der Waals surface area (Å²) in [6.07, 6.45) is 3.20. The lowest BCUT2D eigenvalue weighted by Crippen LogP contribution is -2.00. The van der Waals surface area contributed by atoms with Crippen molar-refractivity contribution >= 4 is 11.3 Å². The molecule has 0 aliphatic heterocycles. The Balaban J connectivity index is 1.98. The lowest BCUT2D eigenvalue weighted by atomic mass is 9.99. The molecule has 0 bridgehead atoms. The lowest BCUT2D eigenvalue weighted by Gasteiger charge is -2.13. The second kappa shape index (κ2) is 4.52. The van der Waals surface area contributed by atoms with Crippen molar-refractivity contribution < 1.29 is 5.11 Å². The molecular formula is C16H18OS. The van der Waals surface area contributed by atoms with E-state index in [9.17, 15) is 5.11 Å². The molecule has 1 N–H and O–H groups in total. The first-order valence-electron chi connectivity index (χ1n) is 6.52. The number of aliphatic hydroxyl groups is 1. The van der Waals surface area contributed by atoms with Gasteiger partial charge in [0.25, 0.3) is 0 Å². The van der Waals surface area contributed by atoms with Gasteiger partial charge in [0, 0.05) is 9.75 Å². The van der Waals surface area contributed by atoms with Gasteiger partial charge < -0.3 is 5.11 Å². The monoisotopic (exact) mass is 258 g/mol. The van der Waals surface area contributed by atoms with Crippen LogP contribution in [0.5, 0.6) is 0 Å². The second-order valence-corrected chi connectivity index (χ2v) is 6.38. The summed E-state index contributed by atoms with van der Waals surface area (Å²) in [7, 11) is 0. The SMILES string of the molecule is Cc1ccc(C)c(C(O)c2cc3c(s2)CCC3)c1. The van der Waals surface area contributed by atoms with Gasteiger partial charge in [-0.3, -0.25) is 0 Å². The molecule has 94 valence electrons. The fourth-order valence-electron chi connectivity index (χ4n) is 2.69. The second-order valence-electron chi connectivity index (χ2n) is 5.21. The Labute approximate surface area is 112 Å². The zero-order chi connectivity index (χ0) is 12.7. The zero-order valence-corrected chi connectivity index (χ0v) is 11.7. The lowest BCUT2D eigenvalue weighted by molar-refractivity contribution is 0.223. The molecular weight excluding hydrogens is 240 g/mol. The third-order valence-corrected chi connectivity index (χ3v) is 5.05. The van der Waals surface area contributed by atoms with Crippen LogP contribution in [0, 0.1) is 13.8 Å². The highest BCUT2D eigenvalue weighted by atomic mass is 32.1. The fourth-order valence-corrected chi connectivity index (χ4v) is 3.96. The first-order chi connectivity index (χ1) is 8.65. The van der Waals surface area contributed by atoms with E-state index in [4.69, 9.17) is 0 Å². The summed E-state index contributed by atoms with van der Waals surface area (Å²) in [4.78, 5) is 2.59. The van der Waals surface area contributed by atoms with E-state index >= 15 is 0 Å². The Morgan fingerprint density at radius 1 is 1.17 bits per heavy atom.